The van der Waals surface area contributed by atoms with Crippen molar-refractivity contribution >= 4 is 11.6 Å². The molecule has 1 aliphatic carbocycles. The third-order valence-corrected chi connectivity index (χ3v) is 5.85. The average molecular weight is 421 g/mol. The smallest absolute Gasteiger partial charge is 0.387 e. The zero-order chi connectivity index (χ0) is 21.5. The van der Waals surface area contributed by atoms with E-state index in [1.807, 2.05) is 41.9 Å². The van der Waals surface area contributed by atoms with Gasteiger partial charge < -0.3 is 10.1 Å². The fourth-order valence-electron chi connectivity index (χ4n) is 4.55. The van der Waals surface area contributed by atoms with Crippen LogP contribution in [-0.4, -0.2) is 22.2 Å². The van der Waals surface area contributed by atoms with Crippen LogP contribution in [0.5, 0.6) is 5.75 Å². The number of carbonyl (C=O) groups is 1. The number of anilines is 1. The van der Waals surface area contributed by atoms with Gasteiger partial charge in [-0.2, -0.15) is 13.9 Å². The van der Waals surface area contributed by atoms with Gasteiger partial charge in [0, 0.05) is 29.2 Å². The summed E-state index contributed by atoms with van der Waals surface area (Å²) < 4.78 is 31.5. The first-order chi connectivity index (χ1) is 15.0. The number of para-hydroxylation sites is 1. The summed E-state index contributed by atoms with van der Waals surface area (Å²) in [5.41, 5.74) is 5.18. The average Bonchev–Trinajstić information content (AvgIpc) is 3.10. The second-order valence-electron chi connectivity index (χ2n) is 7.77. The number of halogens is 2. The van der Waals surface area contributed by atoms with Crippen LogP contribution in [0, 0.1) is 6.92 Å². The minimum Gasteiger partial charge on any atom is -0.435 e. The molecule has 0 bridgehead atoms. The highest BCUT2D eigenvalue weighted by atomic mass is 19.3. The van der Waals surface area contributed by atoms with Crippen LogP contribution in [-0.2, 0) is 4.79 Å². The number of aromatic nitrogens is 2. The maximum atomic E-state index is 13.0. The number of ether oxygens (including phenoxy) is 1. The van der Waals surface area contributed by atoms with Crippen molar-refractivity contribution in [1.29, 1.82) is 0 Å². The Bertz CT molecular complexity index is 1170. The van der Waals surface area contributed by atoms with E-state index in [1.54, 1.807) is 12.1 Å². The normalized spacial score (nSPS) is 17.9. The van der Waals surface area contributed by atoms with Gasteiger partial charge in [-0.1, -0.05) is 30.3 Å². The molecule has 0 saturated carbocycles. The third-order valence-electron chi connectivity index (χ3n) is 5.85. The molecule has 0 fully saturated rings. The third kappa shape index (κ3) is 3.40. The first-order valence-electron chi connectivity index (χ1n) is 10.3. The van der Waals surface area contributed by atoms with E-state index in [4.69, 9.17) is 5.10 Å². The molecule has 1 aromatic heterocycles. The highest BCUT2D eigenvalue weighted by Gasteiger charge is 2.38. The molecule has 2 aliphatic rings. The van der Waals surface area contributed by atoms with Gasteiger partial charge in [0.15, 0.2) is 5.78 Å². The number of alkyl halides is 2. The number of aryl methyl sites for hydroxylation is 1. The van der Waals surface area contributed by atoms with E-state index >= 15 is 0 Å². The number of Topliss-reactive ketones (excluding diaryl/α,β-unsaturated/α-hetero) is 1. The van der Waals surface area contributed by atoms with Gasteiger partial charge in [0.2, 0.25) is 0 Å². The number of nitrogens with zero attached hydrogens (tertiary/aromatic N) is 2. The van der Waals surface area contributed by atoms with E-state index in [0.717, 1.165) is 52.4 Å². The quantitative estimate of drug-likeness (QED) is 0.617. The molecule has 2 aromatic carbocycles. The summed E-state index contributed by atoms with van der Waals surface area (Å²) in [5.74, 6) is 0.741. The van der Waals surface area contributed by atoms with Crippen LogP contribution in [0.15, 0.2) is 65.9 Å². The van der Waals surface area contributed by atoms with Crippen molar-refractivity contribution in [3.05, 3.63) is 82.7 Å². The van der Waals surface area contributed by atoms with Crippen molar-refractivity contribution in [2.24, 2.45) is 0 Å². The summed E-state index contributed by atoms with van der Waals surface area (Å²) in [7, 11) is 0. The fourth-order valence-corrected chi connectivity index (χ4v) is 4.55. The standard InChI is InChI=1S/C24H21F2N3O2/c1-14-20-21(15-10-12-17(13-11-15)31-24(25)26)22-18(8-5-9-19(22)30)27-23(20)29(28-14)16-6-3-2-4-7-16/h2-4,6-7,10-13,21,24,27H,5,8-9H2,1H3. The van der Waals surface area contributed by atoms with Gasteiger partial charge in [-0.25, -0.2) is 4.68 Å². The predicted molar refractivity (Wildman–Crippen MR) is 113 cm³/mol. The molecule has 1 aliphatic heterocycles. The Morgan fingerprint density at radius 2 is 1.84 bits per heavy atom. The van der Waals surface area contributed by atoms with Gasteiger partial charge in [-0.05, 0) is 49.6 Å². The van der Waals surface area contributed by atoms with Gasteiger partial charge in [0.1, 0.15) is 11.6 Å². The van der Waals surface area contributed by atoms with Gasteiger partial charge in [-0.15, -0.1) is 0 Å². The zero-order valence-corrected chi connectivity index (χ0v) is 16.9. The molecule has 158 valence electrons. The van der Waals surface area contributed by atoms with Crippen molar-refractivity contribution in [1.82, 2.24) is 9.78 Å². The summed E-state index contributed by atoms with van der Waals surface area (Å²) >= 11 is 0. The van der Waals surface area contributed by atoms with E-state index in [1.165, 1.54) is 12.1 Å². The van der Waals surface area contributed by atoms with E-state index in [2.05, 4.69) is 10.1 Å². The Kier molecular flexibility index (Phi) is 4.81. The van der Waals surface area contributed by atoms with Crippen LogP contribution in [0.25, 0.3) is 5.69 Å². The number of carbonyl (C=O) groups excluding carboxylic acids is 1. The molecular weight excluding hydrogens is 400 g/mol. The fraction of sp³-hybridized carbons (Fsp3) is 0.250. The number of benzene rings is 2. The number of hydrogen-bond acceptors (Lipinski definition) is 4. The molecule has 0 radical (unpaired) electrons. The molecule has 1 unspecified atom stereocenters. The Hall–Kier alpha value is -3.48. The molecule has 5 nitrogen and oxygen atoms in total. The second kappa shape index (κ2) is 7.65. The molecule has 0 saturated heterocycles. The highest BCUT2D eigenvalue weighted by molar-refractivity contribution is 6.01. The maximum absolute atomic E-state index is 13.0. The highest BCUT2D eigenvalue weighted by Crippen LogP contribution is 2.47. The molecule has 7 heteroatoms. The molecular formula is C24H21F2N3O2. The summed E-state index contributed by atoms with van der Waals surface area (Å²) in [5, 5.41) is 8.26. The summed E-state index contributed by atoms with van der Waals surface area (Å²) in [6.45, 7) is -0.947. The largest absolute Gasteiger partial charge is 0.435 e. The second-order valence-corrected chi connectivity index (χ2v) is 7.77. The summed E-state index contributed by atoms with van der Waals surface area (Å²) in [6.07, 6.45) is 2.08. The number of allylic oxidation sites excluding steroid dienone is 2. The minimum atomic E-state index is -2.88. The van der Waals surface area contributed by atoms with Crippen LogP contribution in [0.4, 0.5) is 14.6 Å². The summed E-state index contributed by atoms with van der Waals surface area (Å²) in [4.78, 5) is 13.0. The number of ketones is 1. The number of fused-ring (bicyclic) bond motifs is 1. The summed E-state index contributed by atoms with van der Waals surface area (Å²) in [6, 6.07) is 16.4. The van der Waals surface area contributed by atoms with Crippen molar-refractivity contribution in [2.75, 3.05) is 5.32 Å². The minimum absolute atomic E-state index is 0.0915. The van der Waals surface area contributed by atoms with E-state index in [9.17, 15) is 13.6 Å². The van der Waals surface area contributed by atoms with E-state index in [0.29, 0.717) is 6.42 Å². The molecule has 5 rings (SSSR count). The van der Waals surface area contributed by atoms with Crippen LogP contribution in [0.2, 0.25) is 0 Å². The van der Waals surface area contributed by atoms with Crippen molar-refractivity contribution in [3.63, 3.8) is 0 Å². The molecule has 2 heterocycles. The Labute approximate surface area is 178 Å². The predicted octanol–water partition coefficient (Wildman–Crippen LogP) is 5.35. The van der Waals surface area contributed by atoms with Gasteiger partial charge in [0.05, 0.1) is 11.4 Å². The Morgan fingerprint density at radius 3 is 2.55 bits per heavy atom. The SMILES string of the molecule is Cc1nn(-c2ccccc2)c2c1C(c1ccc(OC(F)F)cc1)C1=C(CCCC1=O)N2. The first kappa shape index (κ1) is 19.5. The van der Waals surface area contributed by atoms with Crippen LogP contribution < -0.4 is 10.1 Å². The van der Waals surface area contributed by atoms with Crippen LogP contribution in [0.3, 0.4) is 0 Å². The lowest BCUT2D eigenvalue weighted by atomic mass is 9.76. The first-order valence-corrected chi connectivity index (χ1v) is 10.3. The number of hydrogen-bond donors (Lipinski definition) is 1. The molecule has 1 atom stereocenters. The monoisotopic (exact) mass is 421 g/mol. The van der Waals surface area contributed by atoms with Crippen molar-refractivity contribution in [3.8, 4) is 11.4 Å². The van der Waals surface area contributed by atoms with E-state index in [-0.39, 0.29) is 17.5 Å². The zero-order valence-electron chi connectivity index (χ0n) is 16.9. The van der Waals surface area contributed by atoms with Gasteiger partial charge in [-0.3, -0.25) is 4.79 Å². The van der Waals surface area contributed by atoms with Gasteiger partial charge in [0.25, 0.3) is 0 Å². The Morgan fingerprint density at radius 1 is 1.10 bits per heavy atom. The lowest BCUT2D eigenvalue weighted by Crippen LogP contribution is -2.27. The number of nitrogens with one attached hydrogen (secondary N) is 1. The molecule has 0 spiro atoms. The number of rotatable bonds is 4. The lowest BCUT2D eigenvalue weighted by molar-refractivity contribution is -0.116. The van der Waals surface area contributed by atoms with E-state index < -0.39 is 6.61 Å². The van der Waals surface area contributed by atoms with Gasteiger partial charge >= 0.3 is 6.61 Å². The molecule has 0 amide bonds. The van der Waals surface area contributed by atoms with Crippen LogP contribution in [0.1, 0.15) is 42.0 Å². The van der Waals surface area contributed by atoms with Crippen molar-refractivity contribution in [2.45, 2.75) is 38.7 Å². The lowest BCUT2D eigenvalue weighted by Gasteiger charge is -2.33. The molecule has 1 N–H and O–H groups in total. The maximum Gasteiger partial charge on any atom is 0.387 e. The van der Waals surface area contributed by atoms with Crippen molar-refractivity contribution < 1.29 is 18.3 Å². The molecule has 31 heavy (non-hydrogen) atoms. The molecule has 3 aromatic rings. The Balaban J connectivity index is 1.67. The van der Waals surface area contributed by atoms with Crippen LogP contribution >= 0.6 is 0 Å². The topological polar surface area (TPSA) is 56.2 Å².